The Bertz CT molecular complexity index is 743. The molecule has 0 unspecified atom stereocenters. The maximum absolute atomic E-state index is 11.9. The Morgan fingerprint density at radius 3 is 2.78 bits per heavy atom. The van der Waals surface area contributed by atoms with Crippen LogP contribution in [0.15, 0.2) is 47.4 Å². The summed E-state index contributed by atoms with van der Waals surface area (Å²) >= 11 is 0. The molecule has 0 saturated heterocycles. The summed E-state index contributed by atoms with van der Waals surface area (Å²) in [5.41, 5.74) is 7.60. The van der Waals surface area contributed by atoms with Crippen molar-refractivity contribution in [1.29, 1.82) is 0 Å². The number of anilines is 1. The summed E-state index contributed by atoms with van der Waals surface area (Å²) in [6.07, 6.45) is 1.85. The molecule has 3 N–H and O–H groups in total. The van der Waals surface area contributed by atoms with Crippen LogP contribution in [0.2, 0.25) is 0 Å². The molecule has 0 fully saturated rings. The maximum atomic E-state index is 11.9. The van der Waals surface area contributed by atoms with Crippen molar-refractivity contribution in [3.05, 3.63) is 58.5 Å². The number of fused-ring (bicyclic) bond motifs is 1. The first-order chi connectivity index (χ1) is 8.74. The molecule has 90 valence electrons. The van der Waals surface area contributed by atoms with E-state index in [1.54, 1.807) is 6.07 Å². The lowest BCUT2D eigenvalue weighted by Crippen LogP contribution is -2.14. The second kappa shape index (κ2) is 4.03. The Labute approximate surface area is 103 Å². The molecule has 0 spiro atoms. The van der Waals surface area contributed by atoms with Gasteiger partial charge < -0.3 is 10.3 Å². The Hall–Kier alpha value is -2.56. The predicted molar refractivity (Wildman–Crippen MR) is 70.3 cm³/mol. The fraction of sp³-hybridized carbons (Fsp3) is 0.0769. The van der Waals surface area contributed by atoms with E-state index in [0.717, 1.165) is 5.56 Å². The summed E-state index contributed by atoms with van der Waals surface area (Å²) in [6.45, 7) is 0.638. The number of nitrogens with zero attached hydrogens (tertiary/aromatic N) is 2. The molecular formula is C13H12N4O. The Balaban J connectivity index is 2.11. The highest BCUT2D eigenvalue weighted by Gasteiger charge is 2.07. The molecule has 0 atom stereocenters. The summed E-state index contributed by atoms with van der Waals surface area (Å²) in [4.78, 5) is 18.5. The van der Waals surface area contributed by atoms with Crippen molar-refractivity contribution in [2.24, 2.45) is 0 Å². The molecule has 0 aliphatic carbocycles. The van der Waals surface area contributed by atoms with E-state index in [2.05, 4.69) is 9.97 Å². The van der Waals surface area contributed by atoms with Crippen LogP contribution in [-0.2, 0) is 6.54 Å². The van der Waals surface area contributed by atoms with Gasteiger partial charge in [-0.25, -0.2) is 4.98 Å². The van der Waals surface area contributed by atoms with Crippen LogP contribution >= 0.6 is 0 Å². The largest absolute Gasteiger partial charge is 0.369 e. The average Bonchev–Trinajstić information content (AvgIpc) is 2.73. The van der Waals surface area contributed by atoms with E-state index < -0.39 is 0 Å². The normalized spacial score (nSPS) is 10.9. The molecule has 0 aliphatic heterocycles. The van der Waals surface area contributed by atoms with E-state index in [1.807, 2.05) is 41.1 Å². The predicted octanol–water partition coefficient (Wildman–Crippen LogP) is 1.36. The van der Waals surface area contributed by atoms with Crippen LogP contribution in [0, 0.1) is 0 Å². The van der Waals surface area contributed by atoms with Crippen molar-refractivity contribution in [2.75, 3.05) is 5.73 Å². The van der Waals surface area contributed by atoms with E-state index in [0.29, 0.717) is 17.6 Å². The van der Waals surface area contributed by atoms with Crippen LogP contribution in [0.1, 0.15) is 5.56 Å². The van der Waals surface area contributed by atoms with Crippen LogP contribution < -0.4 is 11.3 Å². The molecule has 0 aliphatic rings. The molecule has 0 amide bonds. The van der Waals surface area contributed by atoms with Crippen molar-refractivity contribution >= 4 is 17.0 Å². The van der Waals surface area contributed by atoms with Crippen LogP contribution in [-0.4, -0.2) is 14.5 Å². The number of nitrogen functional groups attached to an aromatic ring is 1. The fourth-order valence-corrected chi connectivity index (χ4v) is 2.04. The molecule has 3 rings (SSSR count). The number of rotatable bonds is 2. The highest BCUT2D eigenvalue weighted by Crippen LogP contribution is 2.12. The highest BCUT2D eigenvalue weighted by molar-refractivity contribution is 5.75. The van der Waals surface area contributed by atoms with Gasteiger partial charge in [0.2, 0.25) is 5.95 Å². The van der Waals surface area contributed by atoms with Gasteiger partial charge in [0.25, 0.3) is 5.56 Å². The minimum Gasteiger partial charge on any atom is -0.369 e. The number of aromatic nitrogens is 3. The minimum atomic E-state index is -0.210. The van der Waals surface area contributed by atoms with Gasteiger partial charge in [0, 0.05) is 12.7 Å². The van der Waals surface area contributed by atoms with Gasteiger partial charge in [-0.1, -0.05) is 30.3 Å². The summed E-state index contributed by atoms with van der Waals surface area (Å²) in [5.74, 6) is 0.143. The van der Waals surface area contributed by atoms with Gasteiger partial charge in [0.15, 0.2) is 0 Å². The first kappa shape index (κ1) is 10.6. The lowest BCUT2D eigenvalue weighted by Gasteiger charge is -2.04. The van der Waals surface area contributed by atoms with Crippen LogP contribution in [0.25, 0.3) is 11.0 Å². The first-order valence-corrected chi connectivity index (χ1v) is 5.62. The van der Waals surface area contributed by atoms with E-state index in [-0.39, 0.29) is 11.5 Å². The van der Waals surface area contributed by atoms with Gasteiger partial charge in [0.1, 0.15) is 5.52 Å². The zero-order chi connectivity index (χ0) is 12.5. The molecule has 0 bridgehead atoms. The highest BCUT2D eigenvalue weighted by atomic mass is 16.1. The van der Waals surface area contributed by atoms with Gasteiger partial charge in [-0.2, -0.15) is 0 Å². The monoisotopic (exact) mass is 240 g/mol. The van der Waals surface area contributed by atoms with Crippen molar-refractivity contribution in [1.82, 2.24) is 14.5 Å². The summed E-state index contributed by atoms with van der Waals surface area (Å²) in [7, 11) is 0. The van der Waals surface area contributed by atoms with Gasteiger partial charge in [0.05, 0.1) is 5.52 Å². The van der Waals surface area contributed by atoms with E-state index in [9.17, 15) is 4.79 Å². The first-order valence-electron chi connectivity index (χ1n) is 5.62. The van der Waals surface area contributed by atoms with E-state index >= 15 is 0 Å². The van der Waals surface area contributed by atoms with Gasteiger partial charge in [-0.3, -0.25) is 9.78 Å². The Morgan fingerprint density at radius 2 is 2.00 bits per heavy atom. The van der Waals surface area contributed by atoms with E-state index in [1.165, 1.54) is 0 Å². The number of benzene rings is 1. The second-order valence-electron chi connectivity index (χ2n) is 4.11. The molecule has 2 aromatic heterocycles. The molecule has 18 heavy (non-hydrogen) atoms. The third kappa shape index (κ3) is 1.75. The van der Waals surface area contributed by atoms with Gasteiger partial charge in [-0.05, 0) is 11.6 Å². The quantitative estimate of drug-likeness (QED) is 0.710. The number of nitrogens with two attached hydrogens (primary N) is 1. The SMILES string of the molecule is Nc1nc2ccn(Cc3ccccc3)c2c(=O)[nH]1. The molecule has 3 aromatic rings. The average molecular weight is 240 g/mol. The minimum absolute atomic E-state index is 0.143. The third-order valence-electron chi connectivity index (χ3n) is 2.84. The standard InChI is InChI=1S/C13H12N4O/c14-13-15-10-6-7-17(11(10)12(18)16-13)8-9-4-2-1-3-5-9/h1-7H,8H2,(H3,14,15,16,18). The molecule has 2 heterocycles. The topological polar surface area (TPSA) is 76.7 Å². The number of H-pyrrole nitrogens is 1. The number of nitrogens with one attached hydrogen (secondary N) is 1. The van der Waals surface area contributed by atoms with E-state index in [4.69, 9.17) is 5.73 Å². The molecule has 0 radical (unpaired) electrons. The second-order valence-corrected chi connectivity index (χ2v) is 4.11. The molecule has 1 aromatic carbocycles. The number of aromatic amines is 1. The van der Waals surface area contributed by atoms with Gasteiger partial charge in [-0.15, -0.1) is 0 Å². The summed E-state index contributed by atoms with van der Waals surface area (Å²) in [5, 5.41) is 0. The Morgan fingerprint density at radius 1 is 1.22 bits per heavy atom. The molecule has 0 saturated carbocycles. The fourth-order valence-electron chi connectivity index (χ4n) is 2.04. The molecular weight excluding hydrogens is 228 g/mol. The third-order valence-corrected chi connectivity index (χ3v) is 2.84. The van der Waals surface area contributed by atoms with Crippen LogP contribution in [0.5, 0.6) is 0 Å². The summed E-state index contributed by atoms with van der Waals surface area (Å²) < 4.78 is 1.87. The van der Waals surface area contributed by atoms with Crippen molar-refractivity contribution in [3.63, 3.8) is 0 Å². The Kier molecular flexibility index (Phi) is 2.37. The van der Waals surface area contributed by atoms with Crippen molar-refractivity contribution < 1.29 is 0 Å². The number of hydrogen-bond donors (Lipinski definition) is 2. The molecule has 5 heteroatoms. The number of hydrogen-bond acceptors (Lipinski definition) is 3. The lowest BCUT2D eigenvalue weighted by molar-refractivity contribution is 0.830. The van der Waals surface area contributed by atoms with Gasteiger partial charge >= 0.3 is 0 Å². The smallest absolute Gasteiger partial charge is 0.276 e. The van der Waals surface area contributed by atoms with Crippen molar-refractivity contribution in [2.45, 2.75) is 6.54 Å². The zero-order valence-electron chi connectivity index (χ0n) is 9.63. The lowest BCUT2D eigenvalue weighted by atomic mass is 10.2. The van der Waals surface area contributed by atoms with Crippen molar-refractivity contribution in [3.8, 4) is 0 Å². The van der Waals surface area contributed by atoms with Crippen LogP contribution in [0.3, 0.4) is 0 Å². The summed E-state index contributed by atoms with van der Waals surface area (Å²) in [6, 6.07) is 11.7. The van der Waals surface area contributed by atoms with Crippen LogP contribution in [0.4, 0.5) is 5.95 Å². The molecule has 5 nitrogen and oxygen atoms in total. The zero-order valence-corrected chi connectivity index (χ0v) is 9.63. The maximum Gasteiger partial charge on any atom is 0.276 e.